The predicted molar refractivity (Wildman–Crippen MR) is 67.6 cm³/mol. The smallest absolute Gasteiger partial charge is 0.322 e. The van der Waals surface area contributed by atoms with Crippen LogP contribution < -0.4 is 15.4 Å². The summed E-state index contributed by atoms with van der Waals surface area (Å²) in [5.74, 6) is 0.972. The van der Waals surface area contributed by atoms with Gasteiger partial charge in [-0.2, -0.15) is 15.0 Å². The first-order valence-corrected chi connectivity index (χ1v) is 5.94. The third-order valence-electron chi connectivity index (χ3n) is 2.02. The fraction of sp³-hybridized carbons (Fsp3) is 0.300. The molecule has 0 bridgehead atoms. The fourth-order valence-corrected chi connectivity index (χ4v) is 1.86. The van der Waals surface area contributed by atoms with Crippen LogP contribution in [0.5, 0.6) is 6.01 Å². The van der Waals surface area contributed by atoms with Gasteiger partial charge in [-0.3, -0.25) is 0 Å². The summed E-state index contributed by atoms with van der Waals surface area (Å²) in [4.78, 5) is 13.5. The Morgan fingerprint density at radius 3 is 2.76 bits per heavy atom. The largest absolute Gasteiger partial charge is 0.467 e. The maximum atomic E-state index is 4.99. The van der Waals surface area contributed by atoms with Gasteiger partial charge in [-0.1, -0.05) is 6.07 Å². The minimum atomic E-state index is 0.290. The van der Waals surface area contributed by atoms with Crippen LogP contribution in [0.15, 0.2) is 17.5 Å². The van der Waals surface area contributed by atoms with Gasteiger partial charge in [0.05, 0.1) is 13.7 Å². The molecule has 0 aliphatic rings. The molecule has 2 aromatic heterocycles. The van der Waals surface area contributed by atoms with Gasteiger partial charge in [0.1, 0.15) is 0 Å². The Labute approximate surface area is 103 Å². The monoisotopic (exact) mass is 251 g/mol. The Balaban J connectivity index is 2.09. The third-order valence-corrected chi connectivity index (χ3v) is 2.90. The van der Waals surface area contributed by atoms with Gasteiger partial charge in [0, 0.05) is 11.9 Å². The maximum Gasteiger partial charge on any atom is 0.322 e. The molecule has 2 N–H and O–H groups in total. The highest BCUT2D eigenvalue weighted by Gasteiger charge is 2.05. The average Bonchev–Trinajstić information content (AvgIpc) is 2.89. The zero-order valence-electron chi connectivity index (χ0n) is 9.60. The standard InChI is InChI=1S/C10H13N5OS/c1-11-8-13-9(15-10(14-8)16-2)12-6-7-4-3-5-17-7/h3-5H,6H2,1-2H3,(H2,11,12,13,14,15). The van der Waals surface area contributed by atoms with E-state index < -0.39 is 0 Å². The Morgan fingerprint density at radius 1 is 1.29 bits per heavy atom. The van der Waals surface area contributed by atoms with Crippen molar-refractivity contribution in [2.75, 3.05) is 24.8 Å². The van der Waals surface area contributed by atoms with Crippen molar-refractivity contribution in [3.63, 3.8) is 0 Å². The first-order chi connectivity index (χ1) is 8.31. The van der Waals surface area contributed by atoms with E-state index in [1.165, 1.54) is 12.0 Å². The van der Waals surface area contributed by atoms with Crippen LogP contribution in [0.2, 0.25) is 0 Å². The third kappa shape index (κ3) is 3.04. The second kappa shape index (κ2) is 5.44. The summed E-state index contributed by atoms with van der Waals surface area (Å²) < 4.78 is 4.99. The van der Waals surface area contributed by atoms with Gasteiger partial charge >= 0.3 is 6.01 Å². The lowest BCUT2D eigenvalue weighted by Crippen LogP contribution is -2.07. The average molecular weight is 251 g/mol. The van der Waals surface area contributed by atoms with E-state index in [1.807, 2.05) is 11.4 Å². The van der Waals surface area contributed by atoms with Gasteiger partial charge in [-0.15, -0.1) is 11.3 Å². The Morgan fingerprint density at radius 2 is 2.12 bits per heavy atom. The second-order valence-electron chi connectivity index (χ2n) is 3.15. The molecule has 2 heterocycles. The van der Waals surface area contributed by atoms with Gasteiger partial charge in [0.2, 0.25) is 11.9 Å². The highest BCUT2D eigenvalue weighted by Crippen LogP contribution is 2.13. The minimum absolute atomic E-state index is 0.290. The van der Waals surface area contributed by atoms with Crippen molar-refractivity contribution in [3.8, 4) is 6.01 Å². The molecule has 2 aromatic rings. The van der Waals surface area contributed by atoms with E-state index >= 15 is 0 Å². The number of aromatic nitrogens is 3. The molecule has 0 amide bonds. The molecule has 2 rings (SSSR count). The molecule has 7 heteroatoms. The number of thiophene rings is 1. The molecule has 0 fully saturated rings. The first-order valence-electron chi connectivity index (χ1n) is 5.06. The molecule has 17 heavy (non-hydrogen) atoms. The van der Waals surface area contributed by atoms with Gasteiger partial charge < -0.3 is 15.4 Å². The van der Waals surface area contributed by atoms with Gasteiger partial charge in [0.25, 0.3) is 0 Å². The summed E-state index contributed by atoms with van der Waals surface area (Å²) in [6.45, 7) is 0.688. The molecule has 0 atom stereocenters. The number of nitrogens with one attached hydrogen (secondary N) is 2. The zero-order chi connectivity index (χ0) is 12.1. The van der Waals surface area contributed by atoms with E-state index in [4.69, 9.17) is 4.74 Å². The lowest BCUT2D eigenvalue weighted by atomic mass is 10.5. The van der Waals surface area contributed by atoms with E-state index in [0.29, 0.717) is 18.4 Å². The summed E-state index contributed by atoms with van der Waals surface area (Å²) in [5.41, 5.74) is 0. The van der Waals surface area contributed by atoms with Crippen molar-refractivity contribution in [2.45, 2.75) is 6.54 Å². The number of hydrogen-bond donors (Lipinski definition) is 2. The van der Waals surface area contributed by atoms with E-state index in [1.54, 1.807) is 18.4 Å². The first kappa shape index (κ1) is 11.6. The molecule has 0 saturated heterocycles. The molecule has 0 aromatic carbocycles. The molecule has 6 nitrogen and oxygen atoms in total. The van der Waals surface area contributed by atoms with Crippen LogP contribution in [-0.2, 0) is 6.54 Å². The van der Waals surface area contributed by atoms with E-state index in [2.05, 4.69) is 31.7 Å². The fourth-order valence-electron chi connectivity index (χ4n) is 1.22. The Hall–Kier alpha value is -1.89. The van der Waals surface area contributed by atoms with Crippen LogP contribution in [0.1, 0.15) is 4.88 Å². The van der Waals surface area contributed by atoms with Crippen LogP contribution in [0.4, 0.5) is 11.9 Å². The quantitative estimate of drug-likeness (QED) is 0.841. The molecule has 0 unspecified atom stereocenters. The molecular formula is C10H13N5OS. The number of nitrogens with zero attached hydrogens (tertiary/aromatic N) is 3. The van der Waals surface area contributed by atoms with E-state index in [0.717, 1.165) is 0 Å². The van der Waals surface area contributed by atoms with Crippen molar-refractivity contribution in [3.05, 3.63) is 22.4 Å². The second-order valence-corrected chi connectivity index (χ2v) is 4.18. The van der Waals surface area contributed by atoms with Crippen LogP contribution >= 0.6 is 11.3 Å². The van der Waals surface area contributed by atoms with Crippen molar-refractivity contribution < 1.29 is 4.74 Å². The van der Waals surface area contributed by atoms with E-state index in [9.17, 15) is 0 Å². The summed E-state index contributed by atoms with van der Waals surface area (Å²) in [5, 5.41) is 8.01. The topological polar surface area (TPSA) is 72.0 Å². The molecule has 0 saturated carbocycles. The highest BCUT2D eigenvalue weighted by atomic mass is 32.1. The SMILES string of the molecule is CNc1nc(NCc2cccs2)nc(OC)n1. The maximum absolute atomic E-state index is 4.99. The number of ether oxygens (including phenoxy) is 1. The van der Waals surface area contributed by atoms with Crippen molar-refractivity contribution in [2.24, 2.45) is 0 Å². The van der Waals surface area contributed by atoms with Gasteiger partial charge in [0.15, 0.2) is 0 Å². The lowest BCUT2D eigenvalue weighted by molar-refractivity contribution is 0.379. The van der Waals surface area contributed by atoms with Crippen molar-refractivity contribution in [1.29, 1.82) is 0 Å². The summed E-state index contributed by atoms with van der Waals surface area (Å²) in [6, 6.07) is 4.35. The van der Waals surface area contributed by atoms with Crippen LogP contribution in [-0.4, -0.2) is 29.1 Å². The molecule has 0 radical (unpaired) electrons. The Kier molecular flexibility index (Phi) is 3.71. The number of anilines is 2. The number of rotatable bonds is 5. The zero-order valence-corrected chi connectivity index (χ0v) is 10.4. The summed E-state index contributed by atoms with van der Waals surface area (Å²) in [6.07, 6.45) is 0. The number of hydrogen-bond acceptors (Lipinski definition) is 7. The summed E-state index contributed by atoms with van der Waals surface area (Å²) in [7, 11) is 3.27. The molecule has 0 spiro atoms. The highest BCUT2D eigenvalue weighted by molar-refractivity contribution is 7.09. The van der Waals surface area contributed by atoms with Gasteiger partial charge in [-0.05, 0) is 11.4 Å². The van der Waals surface area contributed by atoms with Crippen molar-refractivity contribution >= 4 is 23.2 Å². The summed E-state index contributed by atoms with van der Waals surface area (Å²) >= 11 is 1.68. The molecule has 90 valence electrons. The molecule has 0 aliphatic carbocycles. The Bertz CT molecular complexity index is 451. The normalized spacial score (nSPS) is 10.0. The minimum Gasteiger partial charge on any atom is -0.467 e. The van der Waals surface area contributed by atoms with Crippen LogP contribution in [0, 0.1) is 0 Å². The van der Waals surface area contributed by atoms with E-state index in [-0.39, 0.29) is 6.01 Å². The van der Waals surface area contributed by atoms with Crippen LogP contribution in [0.25, 0.3) is 0 Å². The lowest BCUT2D eigenvalue weighted by Gasteiger charge is -2.06. The van der Waals surface area contributed by atoms with Crippen LogP contribution in [0.3, 0.4) is 0 Å². The molecule has 0 aliphatic heterocycles. The predicted octanol–water partition coefficient (Wildman–Crippen LogP) is 1.60. The van der Waals surface area contributed by atoms with Gasteiger partial charge in [-0.25, -0.2) is 0 Å². The number of methoxy groups -OCH3 is 1. The molecular weight excluding hydrogens is 238 g/mol. The van der Waals surface area contributed by atoms with Crippen molar-refractivity contribution in [1.82, 2.24) is 15.0 Å².